The molecule has 1 saturated carbocycles. The molecule has 1 amide bonds. The van der Waals surface area contributed by atoms with Gasteiger partial charge in [-0.2, -0.15) is 0 Å². The fraction of sp³-hybridized carbons (Fsp3) is 0.300. The second-order valence-corrected chi connectivity index (χ2v) is 6.77. The zero-order chi connectivity index (χ0) is 17.4. The lowest BCUT2D eigenvalue weighted by Crippen LogP contribution is -2.27. The number of imidazole rings is 1. The van der Waals surface area contributed by atoms with E-state index in [1.807, 2.05) is 42.5 Å². The van der Waals surface area contributed by atoms with Crippen LogP contribution in [0.4, 0.5) is 0 Å². The monoisotopic (exact) mass is 335 g/mol. The Morgan fingerprint density at radius 1 is 1.28 bits per heavy atom. The van der Waals surface area contributed by atoms with E-state index in [0.29, 0.717) is 24.1 Å². The zero-order valence-corrected chi connectivity index (χ0v) is 14.4. The summed E-state index contributed by atoms with van der Waals surface area (Å²) < 4.78 is 7.72. The van der Waals surface area contributed by atoms with Gasteiger partial charge in [0.1, 0.15) is 17.2 Å². The second-order valence-electron chi connectivity index (χ2n) is 6.77. The van der Waals surface area contributed by atoms with E-state index >= 15 is 0 Å². The summed E-state index contributed by atoms with van der Waals surface area (Å²) in [7, 11) is 1.78. The van der Waals surface area contributed by atoms with Crippen LogP contribution in [0, 0.1) is 5.92 Å². The third-order valence-electron chi connectivity index (χ3n) is 4.79. The molecule has 128 valence electrons. The molecule has 2 atom stereocenters. The summed E-state index contributed by atoms with van der Waals surface area (Å²) in [5.74, 6) is 3.03. The Bertz CT molecular complexity index is 881. The predicted molar refractivity (Wildman–Crippen MR) is 94.6 cm³/mol. The first-order valence-corrected chi connectivity index (χ1v) is 8.55. The van der Waals surface area contributed by atoms with Crippen LogP contribution in [0.3, 0.4) is 0 Å². The third-order valence-corrected chi connectivity index (χ3v) is 4.79. The van der Waals surface area contributed by atoms with Gasteiger partial charge in [-0.05, 0) is 36.6 Å². The largest absolute Gasteiger partial charge is 0.464 e. The van der Waals surface area contributed by atoms with E-state index < -0.39 is 0 Å². The Kier molecular flexibility index (Phi) is 3.92. The SMILES string of the molecule is C[C@H]1C[C@H]1c1ccc(CN(C)C(=O)c2cncn2-c2ccccc2)o1. The molecule has 0 unspecified atom stereocenters. The number of amides is 1. The Morgan fingerprint density at radius 3 is 2.76 bits per heavy atom. The third kappa shape index (κ3) is 3.09. The molecule has 4 rings (SSSR count). The maximum Gasteiger partial charge on any atom is 0.272 e. The molecule has 1 aliphatic carbocycles. The van der Waals surface area contributed by atoms with Crippen molar-refractivity contribution < 1.29 is 9.21 Å². The minimum atomic E-state index is -0.0842. The first-order valence-electron chi connectivity index (χ1n) is 8.55. The summed E-state index contributed by atoms with van der Waals surface area (Å²) in [5.41, 5.74) is 1.45. The highest BCUT2D eigenvalue weighted by molar-refractivity contribution is 5.92. The van der Waals surface area contributed by atoms with Gasteiger partial charge in [0.05, 0.1) is 19.1 Å². The van der Waals surface area contributed by atoms with Gasteiger partial charge in [-0.1, -0.05) is 25.1 Å². The van der Waals surface area contributed by atoms with E-state index in [1.54, 1.807) is 29.0 Å². The maximum atomic E-state index is 12.8. The molecule has 0 spiro atoms. The quantitative estimate of drug-likeness (QED) is 0.711. The molecule has 0 aliphatic heterocycles. The minimum Gasteiger partial charge on any atom is -0.464 e. The molecule has 0 radical (unpaired) electrons. The number of carbonyl (C=O) groups excluding carboxylic acids is 1. The minimum absolute atomic E-state index is 0.0842. The summed E-state index contributed by atoms with van der Waals surface area (Å²) in [6.45, 7) is 2.67. The second kappa shape index (κ2) is 6.24. The summed E-state index contributed by atoms with van der Waals surface area (Å²) in [6, 6.07) is 13.7. The molecule has 0 N–H and O–H groups in total. The van der Waals surface area contributed by atoms with Gasteiger partial charge < -0.3 is 9.32 Å². The molecule has 0 saturated heterocycles. The van der Waals surface area contributed by atoms with Crippen LogP contribution in [0.25, 0.3) is 5.69 Å². The standard InChI is InChI=1S/C20H21N3O2/c1-14-10-17(14)19-9-8-16(25-19)12-22(2)20(24)18-11-21-13-23(18)15-6-4-3-5-7-15/h3-9,11,13-14,17H,10,12H2,1-2H3/t14-,17+/m0/s1. The van der Waals surface area contributed by atoms with Crippen LogP contribution in [0.1, 0.15) is 41.3 Å². The number of hydrogen-bond acceptors (Lipinski definition) is 3. The number of nitrogens with zero attached hydrogens (tertiary/aromatic N) is 3. The molecule has 1 aliphatic rings. The molecule has 1 fully saturated rings. The predicted octanol–water partition coefficient (Wildman–Crippen LogP) is 3.86. The van der Waals surface area contributed by atoms with Crippen molar-refractivity contribution in [2.24, 2.45) is 5.92 Å². The summed E-state index contributed by atoms with van der Waals surface area (Å²) >= 11 is 0. The normalized spacial score (nSPS) is 19.0. The van der Waals surface area contributed by atoms with Crippen LogP contribution in [0.5, 0.6) is 0 Å². The van der Waals surface area contributed by atoms with Crippen molar-refractivity contribution in [1.29, 1.82) is 0 Å². The highest BCUT2D eigenvalue weighted by Gasteiger charge is 2.36. The Labute approximate surface area is 146 Å². The van der Waals surface area contributed by atoms with Crippen molar-refractivity contribution in [3.8, 4) is 5.69 Å². The molecule has 3 aromatic rings. The van der Waals surface area contributed by atoms with Gasteiger partial charge in [0.25, 0.3) is 5.91 Å². The van der Waals surface area contributed by atoms with Gasteiger partial charge in [-0.15, -0.1) is 0 Å². The van der Waals surface area contributed by atoms with E-state index in [1.165, 1.54) is 6.42 Å². The Morgan fingerprint density at radius 2 is 2.04 bits per heavy atom. The van der Waals surface area contributed by atoms with Crippen molar-refractivity contribution in [3.05, 3.63) is 72.2 Å². The Balaban J connectivity index is 1.49. The lowest BCUT2D eigenvalue weighted by molar-refractivity contribution is 0.0767. The number of carbonyl (C=O) groups is 1. The smallest absolute Gasteiger partial charge is 0.272 e. The zero-order valence-electron chi connectivity index (χ0n) is 14.4. The first-order chi connectivity index (χ1) is 12.1. The van der Waals surface area contributed by atoms with Crippen molar-refractivity contribution in [2.75, 3.05) is 7.05 Å². The molecule has 2 heterocycles. The van der Waals surface area contributed by atoms with Crippen molar-refractivity contribution in [1.82, 2.24) is 14.5 Å². The van der Waals surface area contributed by atoms with Gasteiger partial charge in [-0.25, -0.2) is 4.98 Å². The van der Waals surface area contributed by atoms with Gasteiger partial charge in [-0.3, -0.25) is 9.36 Å². The molecule has 0 bridgehead atoms. The lowest BCUT2D eigenvalue weighted by Gasteiger charge is -2.17. The average Bonchev–Trinajstić information content (AvgIpc) is 3.05. The maximum absolute atomic E-state index is 12.8. The summed E-state index contributed by atoms with van der Waals surface area (Å²) in [4.78, 5) is 18.6. The van der Waals surface area contributed by atoms with Crippen molar-refractivity contribution >= 4 is 5.91 Å². The molecular weight excluding hydrogens is 314 g/mol. The van der Waals surface area contributed by atoms with Crippen LogP contribution >= 0.6 is 0 Å². The first kappa shape index (κ1) is 15.7. The molecule has 25 heavy (non-hydrogen) atoms. The van der Waals surface area contributed by atoms with Crippen LogP contribution in [0.15, 0.2) is 59.4 Å². The highest BCUT2D eigenvalue weighted by atomic mass is 16.3. The number of rotatable bonds is 5. The molecule has 5 heteroatoms. The molecule has 5 nitrogen and oxygen atoms in total. The van der Waals surface area contributed by atoms with Crippen LogP contribution in [0.2, 0.25) is 0 Å². The van der Waals surface area contributed by atoms with Crippen LogP contribution in [-0.4, -0.2) is 27.4 Å². The Hall–Kier alpha value is -2.82. The van der Waals surface area contributed by atoms with Crippen LogP contribution in [-0.2, 0) is 6.54 Å². The van der Waals surface area contributed by atoms with Gasteiger partial charge in [0, 0.05) is 18.7 Å². The van der Waals surface area contributed by atoms with E-state index in [9.17, 15) is 4.79 Å². The topological polar surface area (TPSA) is 51.3 Å². The van der Waals surface area contributed by atoms with Gasteiger partial charge >= 0.3 is 0 Å². The van der Waals surface area contributed by atoms with Crippen molar-refractivity contribution in [3.63, 3.8) is 0 Å². The number of furan rings is 1. The van der Waals surface area contributed by atoms with E-state index in [0.717, 1.165) is 17.2 Å². The van der Waals surface area contributed by atoms with Crippen LogP contribution < -0.4 is 0 Å². The molecule has 2 aromatic heterocycles. The summed E-state index contributed by atoms with van der Waals surface area (Å²) in [6.07, 6.45) is 4.46. The van der Waals surface area contributed by atoms with Crippen molar-refractivity contribution in [2.45, 2.75) is 25.8 Å². The lowest BCUT2D eigenvalue weighted by atomic mass is 10.3. The van der Waals surface area contributed by atoms with Gasteiger partial charge in [0.2, 0.25) is 0 Å². The highest BCUT2D eigenvalue weighted by Crippen LogP contribution is 2.47. The average molecular weight is 335 g/mol. The molecule has 1 aromatic carbocycles. The van der Waals surface area contributed by atoms with Gasteiger partial charge in [0.15, 0.2) is 0 Å². The van der Waals surface area contributed by atoms with E-state index in [4.69, 9.17) is 4.42 Å². The number of aromatic nitrogens is 2. The number of para-hydroxylation sites is 1. The number of hydrogen-bond donors (Lipinski definition) is 0. The molecular formula is C20H21N3O2. The van der Waals surface area contributed by atoms with E-state index in [-0.39, 0.29) is 5.91 Å². The fourth-order valence-electron chi connectivity index (χ4n) is 3.15. The van der Waals surface area contributed by atoms with E-state index in [2.05, 4.69) is 11.9 Å². The number of benzene rings is 1. The fourth-order valence-corrected chi connectivity index (χ4v) is 3.15. The summed E-state index contributed by atoms with van der Waals surface area (Å²) in [5, 5.41) is 0.